The highest BCUT2D eigenvalue weighted by atomic mass is 32.2. The number of nitrogen functional groups attached to an aromatic ring is 1. The summed E-state index contributed by atoms with van der Waals surface area (Å²) >= 11 is 2.97. The number of hydrogen-bond acceptors (Lipinski definition) is 6. The van der Waals surface area contributed by atoms with E-state index < -0.39 is 0 Å². The zero-order chi connectivity index (χ0) is 14.0. The number of thioether (sulfide) groups is 1. The van der Waals surface area contributed by atoms with Crippen LogP contribution in [-0.2, 0) is 0 Å². The molecule has 2 aromatic heterocycles. The summed E-state index contributed by atoms with van der Waals surface area (Å²) in [4.78, 5) is 22.7. The lowest BCUT2D eigenvalue weighted by Crippen LogP contribution is -2.04. The molecule has 2 heterocycles. The van der Waals surface area contributed by atoms with Crippen LogP contribution in [0.2, 0.25) is 0 Å². The minimum atomic E-state index is 0.107. The first-order valence-electron chi connectivity index (χ1n) is 5.80. The summed E-state index contributed by atoms with van der Waals surface area (Å²) in [5.41, 5.74) is 7.27. The molecule has 0 bridgehead atoms. The van der Waals surface area contributed by atoms with Gasteiger partial charge in [0.2, 0.25) is 0 Å². The van der Waals surface area contributed by atoms with Gasteiger partial charge in [0.25, 0.3) is 0 Å². The Morgan fingerprint density at radius 1 is 1.32 bits per heavy atom. The third-order valence-electron chi connectivity index (χ3n) is 2.53. The van der Waals surface area contributed by atoms with Crippen LogP contribution < -0.4 is 5.73 Å². The molecule has 2 aromatic rings. The maximum absolute atomic E-state index is 12.1. The lowest BCUT2D eigenvalue weighted by molar-refractivity contribution is 0.102. The van der Waals surface area contributed by atoms with Crippen molar-refractivity contribution in [1.82, 2.24) is 9.97 Å². The predicted molar refractivity (Wildman–Crippen MR) is 80.0 cm³/mol. The number of thiophene rings is 1. The highest BCUT2D eigenvalue weighted by Crippen LogP contribution is 2.23. The molecular weight excluding hydrogens is 278 g/mol. The van der Waals surface area contributed by atoms with Crippen molar-refractivity contribution in [2.75, 3.05) is 11.5 Å². The van der Waals surface area contributed by atoms with E-state index in [-0.39, 0.29) is 5.78 Å². The Kier molecular flexibility index (Phi) is 4.21. The van der Waals surface area contributed by atoms with Crippen LogP contribution in [0.15, 0.2) is 17.3 Å². The first-order valence-corrected chi connectivity index (χ1v) is 7.60. The van der Waals surface area contributed by atoms with Crippen molar-refractivity contribution >= 4 is 34.7 Å². The van der Waals surface area contributed by atoms with Gasteiger partial charge >= 0.3 is 0 Å². The van der Waals surface area contributed by atoms with Crippen molar-refractivity contribution in [3.63, 3.8) is 0 Å². The Morgan fingerprint density at radius 3 is 2.63 bits per heavy atom. The summed E-state index contributed by atoms with van der Waals surface area (Å²) in [5.74, 6) is 0.875. The minimum Gasteiger partial charge on any atom is -0.384 e. The summed E-state index contributed by atoms with van der Waals surface area (Å²) in [6.45, 7) is 5.83. The Morgan fingerprint density at radius 2 is 2.05 bits per heavy atom. The SMILES string of the molecule is Cc1cc(N)nc(SCC(=O)c2cc(C)sc2C)n1. The predicted octanol–water partition coefficient (Wildman–Crippen LogP) is 3.02. The normalized spacial score (nSPS) is 10.7. The highest BCUT2D eigenvalue weighted by Gasteiger charge is 2.13. The fraction of sp³-hybridized carbons (Fsp3) is 0.308. The molecule has 0 aliphatic rings. The molecule has 0 aromatic carbocycles. The number of aryl methyl sites for hydroxylation is 3. The van der Waals surface area contributed by atoms with Gasteiger partial charge in [0.1, 0.15) is 5.82 Å². The molecule has 0 aliphatic heterocycles. The smallest absolute Gasteiger partial charge is 0.190 e. The van der Waals surface area contributed by atoms with E-state index in [4.69, 9.17) is 5.73 Å². The molecule has 0 saturated carbocycles. The molecule has 100 valence electrons. The van der Waals surface area contributed by atoms with Gasteiger partial charge in [-0.15, -0.1) is 11.3 Å². The first-order chi connectivity index (χ1) is 8.95. The van der Waals surface area contributed by atoms with Crippen molar-refractivity contribution in [1.29, 1.82) is 0 Å². The van der Waals surface area contributed by atoms with Crippen LogP contribution in [0.25, 0.3) is 0 Å². The van der Waals surface area contributed by atoms with Crippen LogP contribution in [-0.4, -0.2) is 21.5 Å². The molecule has 0 amide bonds. The van der Waals surface area contributed by atoms with Crippen LogP contribution in [0, 0.1) is 20.8 Å². The number of ketones is 1. The second-order valence-electron chi connectivity index (χ2n) is 4.26. The van der Waals surface area contributed by atoms with Crippen LogP contribution in [0.5, 0.6) is 0 Å². The second kappa shape index (κ2) is 5.71. The van der Waals surface area contributed by atoms with Crippen molar-refractivity contribution in [3.05, 3.63) is 33.1 Å². The number of carbonyl (C=O) groups is 1. The maximum Gasteiger partial charge on any atom is 0.190 e. The van der Waals surface area contributed by atoms with E-state index in [1.807, 2.05) is 26.8 Å². The van der Waals surface area contributed by atoms with E-state index in [2.05, 4.69) is 9.97 Å². The number of Topliss-reactive ketones (excluding diaryl/α,β-unsaturated/α-hetero) is 1. The third-order valence-corrected chi connectivity index (χ3v) is 4.34. The van der Waals surface area contributed by atoms with Crippen molar-refractivity contribution in [2.45, 2.75) is 25.9 Å². The van der Waals surface area contributed by atoms with Gasteiger partial charge in [0.05, 0.1) is 5.75 Å². The number of anilines is 1. The molecule has 6 heteroatoms. The Labute approximate surface area is 120 Å². The number of hydrogen-bond donors (Lipinski definition) is 1. The summed E-state index contributed by atoms with van der Waals surface area (Å²) in [6, 6.07) is 3.65. The zero-order valence-corrected chi connectivity index (χ0v) is 12.7. The zero-order valence-electron chi connectivity index (χ0n) is 11.1. The molecule has 0 fully saturated rings. The first kappa shape index (κ1) is 14.0. The largest absolute Gasteiger partial charge is 0.384 e. The average molecular weight is 293 g/mol. The molecule has 4 nitrogen and oxygen atoms in total. The van der Waals surface area contributed by atoms with E-state index in [1.54, 1.807) is 17.4 Å². The molecule has 0 radical (unpaired) electrons. The number of carbonyl (C=O) groups excluding carboxylic acids is 1. The van der Waals surface area contributed by atoms with Gasteiger partial charge in [-0.25, -0.2) is 9.97 Å². The van der Waals surface area contributed by atoms with E-state index >= 15 is 0 Å². The van der Waals surface area contributed by atoms with Gasteiger partial charge in [0, 0.05) is 27.1 Å². The molecule has 2 rings (SSSR count). The van der Waals surface area contributed by atoms with Crippen LogP contribution >= 0.6 is 23.1 Å². The summed E-state index contributed by atoms with van der Waals surface area (Å²) in [5, 5.41) is 0.551. The number of aromatic nitrogens is 2. The van der Waals surface area contributed by atoms with Gasteiger partial charge in [-0.1, -0.05) is 11.8 Å². The van der Waals surface area contributed by atoms with Crippen LogP contribution in [0.1, 0.15) is 25.8 Å². The van der Waals surface area contributed by atoms with E-state index in [1.165, 1.54) is 11.8 Å². The number of nitrogens with two attached hydrogens (primary N) is 1. The van der Waals surface area contributed by atoms with Crippen LogP contribution in [0.4, 0.5) is 5.82 Å². The molecular formula is C13H15N3OS2. The Hall–Kier alpha value is -1.40. The van der Waals surface area contributed by atoms with Gasteiger partial charge < -0.3 is 5.73 Å². The van der Waals surface area contributed by atoms with E-state index in [9.17, 15) is 4.79 Å². The summed E-state index contributed by atoms with van der Waals surface area (Å²) in [7, 11) is 0. The minimum absolute atomic E-state index is 0.107. The van der Waals surface area contributed by atoms with Crippen molar-refractivity contribution in [2.24, 2.45) is 0 Å². The van der Waals surface area contributed by atoms with Gasteiger partial charge in [-0.3, -0.25) is 4.79 Å². The van der Waals surface area contributed by atoms with Crippen molar-refractivity contribution < 1.29 is 4.79 Å². The molecule has 2 N–H and O–H groups in total. The van der Waals surface area contributed by atoms with E-state index in [0.717, 1.165) is 21.0 Å². The standard InChI is InChI=1S/C13H15N3OS2/c1-7-4-12(14)16-13(15-7)18-6-11(17)10-5-8(2)19-9(10)3/h4-5H,6H2,1-3H3,(H2,14,15,16). The van der Waals surface area contributed by atoms with Crippen molar-refractivity contribution in [3.8, 4) is 0 Å². The molecule has 0 spiro atoms. The number of rotatable bonds is 4. The van der Waals surface area contributed by atoms with E-state index in [0.29, 0.717) is 16.7 Å². The Bertz CT molecular complexity index is 602. The topological polar surface area (TPSA) is 68.9 Å². The molecule has 0 aliphatic carbocycles. The van der Waals surface area contributed by atoms with Gasteiger partial charge in [0.15, 0.2) is 10.9 Å². The Balaban J connectivity index is 2.06. The number of nitrogens with zero attached hydrogens (tertiary/aromatic N) is 2. The van der Waals surface area contributed by atoms with Gasteiger partial charge in [-0.05, 0) is 26.8 Å². The molecule has 0 atom stereocenters. The fourth-order valence-electron chi connectivity index (χ4n) is 1.74. The fourth-order valence-corrected chi connectivity index (χ4v) is 3.48. The summed E-state index contributed by atoms with van der Waals surface area (Å²) < 4.78 is 0. The molecule has 0 saturated heterocycles. The lowest BCUT2D eigenvalue weighted by Gasteiger charge is -2.02. The summed E-state index contributed by atoms with van der Waals surface area (Å²) in [6.07, 6.45) is 0. The lowest BCUT2D eigenvalue weighted by atomic mass is 10.2. The second-order valence-corrected chi connectivity index (χ2v) is 6.66. The monoisotopic (exact) mass is 293 g/mol. The van der Waals surface area contributed by atoms with Crippen LogP contribution in [0.3, 0.4) is 0 Å². The third kappa shape index (κ3) is 3.54. The molecule has 19 heavy (non-hydrogen) atoms. The average Bonchev–Trinajstić information content (AvgIpc) is 2.64. The maximum atomic E-state index is 12.1. The van der Waals surface area contributed by atoms with Gasteiger partial charge in [-0.2, -0.15) is 0 Å². The highest BCUT2D eigenvalue weighted by molar-refractivity contribution is 7.99. The quantitative estimate of drug-likeness (QED) is 0.533. The molecule has 0 unspecified atom stereocenters.